The SMILES string of the molecule is CCn1ncc(Cl)c1C(NN)c1csnn1. The zero-order valence-electron chi connectivity index (χ0n) is 8.59. The van der Waals surface area contributed by atoms with Crippen LogP contribution in [0, 0.1) is 0 Å². The Morgan fingerprint density at radius 3 is 3.06 bits per heavy atom. The molecule has 0 saturated carbocycles. The minimum Gasteiger partial charge on any atom is -0.270 e. The third kappa shape index (κ3) is 1.94. The van der Waals surface area contributed by atoms with Crippen molar-refractivity contribution >= 4 is 23.1 Å². The summed E-state index contributed by atoms with van der Waals surface area (Å²) in [5.74, 6) is 5.53. The molecule has 0 spiro atoms. The number of nitrogens with zero attached hydrogens (tertiary/aromatic N) is 4. The summed E-state index contributed by atoms with van der Waals surface area (Å²) in [5, 5.41) is 10.5. The summed E-state index contributed by atoms with van der Waals surface area (Å²) in [6.07, 6.45) is 1.60. The lowest BCUT2D eigenvalue weighted by molar-refractivity contribution is 0.535. The van der Waals surface area contributed by atoms with E-state index in [9.17, 15) is 0 Å². The van der Waals surface area contributed by atoms with Crippen LogP contribution in [0.1, 0.15) is 24.4 Å². The zero-order valence-corrected chi connectivity index (χ0v) is 10.2. The van der Waals surface area contributed by atoms with Gasteiger partial charge in [-0.15, -0.1) is 5.10 Å². The molecule has 16 heavy (non-hydrogen) atoms. The van der Waals surface area contributed by atoms with E-state index in [0.29, 0.717) is 5.02 Å². The maximum Gasteiger partial charge on any atom is 0.109 e. The summed E-state index contributed by atoms with van der Waals surface area (Å²) in [6.45, 7) is 2.71. The quantitative estimate of drug-likeness (QED) is 0.631. The summed E-state index contributed by atoms with van der Waals surface area (Å²) in [7, 11) is 0. The van der Waals surface area contributed by atoms with Crippen molar-refractivity contribution in [2.75, 3.05) is 0 Å². The van der Waals surface area contributed by atoms with Crippen LogP contribution in [0.15, 0.2) is 11.6 Å². The van der Waals surface area contributed by atoms with Crippen LogP contribution in [0.3, 0.4) is 0 Å². The second-order valence-corrected chi connectivity index (χ2v) is 4.14. The molecular formula is C8H11ClN6S. The minimum atomic E-state index is -0.284. The molecule has 1 unspecified atom stereocenters. The Morgan fingerprint density at radius 1 is 1.69 bits per heavy atom. The first-order valence-corrected chi connectivity index (χ1v) is 5.93. The summed E-state index contributed by atoms with van der Waals surface area (Å²) < 4.78 is 5.59. The van der Waals surface area contributed by atoms with E-state index in [-0.39, 0.29) is 6.04 Å². The van der Waals surface area contributed by atoms with E-state index >= 15 is 0 Å². The van der Waals surface area contributed by atoms with Crippen molar-refractivity contribution in [2.24, 2.45) is 5.84 Å². The van der Waals surface area contributed by atoms with Crippen LogP contribution < -0.4 is 11.3 Å². The second-order valence-electron chi connectivity index (χ2n) is 3.12. The largest absolute Gasteiger partial charge is 0.270 e. The summed E-state index contributed by atoms with van der Waals surface area (Å²) in [6, 6.07) is -0.284. The molecule has 0 aliphatic rings. The van der Waals surface area contributed by atoms with Crippen LogP contribution in [-0.4, -0.2) is 19.4 Å². The van der Waals surface area contributed by atoms with E-state index in [2.05, 4.69) is 20.1 Å². The molecule has 0 amide bonds. The normalized spacial score (nSPS) is 12.9. The Kier molecular flexibility index (Phi) is 3.49. The number of hydrogen-bond donors (Lipinski definition) is 2. The van der Waals surface area contributed by atoms with Gasteiger partial charge >= 0.3 is 0 Å². The van der Waals surface area contributed by atoms with Crippen molar-refractivity contribution in [2.45, 2.75) is 19.5 Å². The molecule has 2 aromatic rings. The first-order chi connectivity index (χ1) is 7.77. The van der Waals surface area contributed by atoms with E-state index in [1.807, 2.05) is 12.3 Å². The fourth-order valence-corrected chi connectivity index (χ4v) is 2.24. The molecule has 2 rings (SSSR count). The monoisotopic (exact) mass is 258 g/mol. The average molecular weight is 259 g/mol. The fraction of sp³-hybridized carbons (Fsp3) is 0.375. The first kappa shape index (κ1) is 11.5. The molecule has 1 atom stereocenters. The van der Waals surface area contributed by atoms with Crippen LogP contribution >= 0.6 is 23.1 Å². The minimum absolute atomic E-state index is 0.284. The van der Waals surface area contributed by atoms with Crippen LogP contribution in [0.2, 0.25) is 5.02 Å². The molecule has 6 nitrogen and oxygen atoms in total. The van der Waals surface area contributed by atoms with Gasteiger partial charge in [-0.3, -0.25) is 10.5 Å². The lowest BCUT2D eigenvalue weighted by Gasteiger charge is -2.15. The van der Waals surface area contributed by atoms with Gasteiger partial charge in [0.1, 0.15) is 6.04 Å². The van der Waals surface area contributed by atoms with Gasteiger partial charge in [-0.25, -0.2) is 5.43 Å². The highest BCUT2D eigenvalue weighted by atomic mass is 35.5. The number of hydrogen-bond acceptors (Lipinski definition) is 6. The van der Waals surface area contributed by atoms with Crippen LogP contribution in [0.5, 0.6) is 0 Å². The van der Waals surface area contributed by atoms with Gasteiger partial charge < -0.3 is 0 Å². The Morgan fingerprint density at radius 2 is 2.50 bits per heavy atom. The van der Waals surface area contributed by atoms with E-state index in [4.69, 9.17) is 17.4 Å². The Hall–Kier alpha value is -1.02. The molecule has 0 saturated heterocycles. The molecule has 0 fully saturated rings. The smallest absolute Gasteiger partial charge is 0.109 e. The molecular weight excluding hydrogens is 248 g/mol. The molecule has 0 aliphatic carbocycles. The number of rotatable bonds is 4. The first-order valence-electron chi connectivity index (χ1n) is 4.72. The predicted octanol–water partition coefficient (Wildman–Crippen LogP) is 0.961. The number of aryl methyl sites for hydroxylation is 1. The topological polar surface area (TPSA) is 81.7 Å². The lowest BCUT2D eigenvalue weighted by atomic mass is 10.1. The van der Waals surface area contributed by atoms with Crippen molar-refractivity contribution in [1.29, 1.82) is 0 Å². The maximum absolute atomic E-state index is 6.09. The summed E-state index contributed by atoms with van der Waals surface area (Å²) in [5.41, 5.74) is 4.23. The van der Waals surface area contributed by atoms with Crippen molar-refractivity contribution in [3.8, 4) is 0 Å². The van der Waals surface area contributed by atoms with Gasteiger partial charge in [0.2, 0.25) is 0 Å². The van der Waals surface area contributed by atoms with Crippen molar-refractivity contribution in [3.63, 3.8) is 0 Å². The highest BCUT2D eigenvalue weighted by Gasteiger charge is 2.22. The highest BCUT2D eigenvalue weighted by Crippen LogP contribution is 2.26. The Labute approximate surface area is 102 Å². The zero-order chi connectivity index (χ0) is 11.5. The molecule has 3 N–H and O–H groups in total. The number of halogens is 1. The molecule has 8 heteroatoms. The van der Waals surface area contributed by atoms with Crippen molar-refractivity contribution in [3.05, 3.63) is 28.0 Å². The van der Waals surface area contributed by atoms with Gasteiger partial charge in [0, 0.05) is 11.9 Å². The molecule has 0 bridgehead atoms. The lowest BCUT2D eigenvalue weighted by Crippen LogP contribution is -2.31. The molecule has 0 radical (unpaired) electrons. The van der Waals surface area contributed by atoms with Crippen LogP contribution in [-0.2, 0) is 6.54 Å². The second kappa shape index (κ2) is 4.88. The fourth-order valence-electron chi connectivity index (χ4n) is 1.51. The van der Waals surface area contributed by atoms with Gasteiger partial charge in [-0.1, -0.05) is 16.1 Å². The molecule has 2 heterocycles. The van der Waals surface area contributed by atoms with Crippen LogP contribution in [0.4, 0.5) is 0 Å². The van der Waals surface area contributed by atoms with Gasteiger partial charge in [0.15, 0.2) is 0 Å². The molecule has 86 valence electrons. The average Bonchev–Trinajstić information content (AvgIpc) is 2.91. The number of hydrazine groups is 1. The molecule has 2 aromatic heterocycles. The Bertz CT molecular complexity index is 453. The number of nitrogens with two attached hydrogens (primary N) is 1. The Balaban J connectivity index is 2.44. The van der Waals surface area contributed by atoms with Crippen molar-refractivity contribution < 1.29 is 0 Å². The highest BCUT2D eigenvalue weighted by molar-refractivity contribution is 7.03. The summed E-state index contributed by atoms with van der Waals surface area (Å²) >= 11 is 7.36. The van der Waals surface area contributed by atoms with Gasteiger partial charge in [0.05, 0.1) is 22.6 Å². The van der Waals surface area contributed by atoms with E-state index in [1.54, 1.807) is 10.9 Å². The molecule has 0 aromatic carbocycles. The van der Waals surface area contributed by atoms with Gasteiger partial charge in [0.25, 0.3) is 0 Å². The van der Waals surface area contributed by atoms with Crippen molar-refractivity contribution in [1.82, 2.24) is 24.8 Å². The third-order valence-corrected chi connectivity index (χ3v) is 3.06. The van der Waals surface area contributed by atoms with Crippen LogP contribution in [0.25, 0.3) is 0 Å². The summed E-state index contributed by atoms with van der Waals surface area (Å²) in [4.78, 5) is 0. The molecule has 0 aliphatic heterocycles. The number of aromatic nitrogens is 4. The van der Waals surface area contributed by atoms with Gasteiger partial charge in [-0.05, 0) is 18.5 Å². The third-order valence-electron chi connectivity index (χ3n) is 2.25. The van der Waals surface area contributed by atoms with E-state index < -0.39 is 0 Å². The standard InChI is InChI=1S/C8H11ClN6S/c1-2-15-8(5(9)3-11-15)7(12-10)6-4-16-14-13-6/h3-4,7,12H,2,10H2,1H3. The van der Waals surface area contributed by atoms with E-state index in [0.717, 1.165) is 17.9 Å². The number of nitrogens with one attached hydrogen (secondary N) is 1. The van der Waals surface area contributed by atoms with Gasteiger partial charge in [-0.2, -0.15) is 5.10 Å². The predicted molar refractivity (Wildman–Crippen MR) is 62.0 cm³/mol. The maximum atomic E-state index is 6.09. The van der Waals surface area contributed by atoms with E-state index in [1.165, 1.54) is 11.5 Å².